The molecule has 13 heavy (non-hydrogen) atoms. The zero-order valence-corrected chi connectivity index (χ0v) is 8.08. The number of nitrogens with one attached hydrogen (secondary N) is 1. The van der Waals surface area contributed by atoms with Crippen LogP contribution in [0.1, 0.15) is 0 Å². The lowest BCUT2D eigenvalue weighted by Crippen LogP contribution is -2.26. The summed E-state index contributed by atoms with van der Waals surface area (Å²) in [6.07, 6.45) is 2.68. The number of aromatic nitrogens is 2. The van der Waals surface area contributed by atoms with E-state index < -0.39 is 10.0 Å². The highest BCUT2D eigenvalue weighted by Gasteiger charge is 2.01. The molecule has 0 atom stereocenters. The topological polar surface area (TPSA) is 90.0 Å². The summed E-state index contributed by atoms with van der Waals surface area (Å²) in [4.78, 5) is 0. The molecule has 0 spiro atoms. The van der Waals surface area contributed by atoms with Gasteiger partial charge in [0.05, 0.1) is 19.0 Å². The van der Waals surface area contributed by atoms with Gasteiger partial charge in [-0.3, -0.25) is 0 Å². The number of hydrogen-bond donors (Lipinski definition) is 2. The Labute approximate surface area is 76.8 Å². The van der Waals surface area contributed by atoms with Crippen molar-refractivity contribution >= 4 is 15.8 Å². The van der Waals surface area contributed by atoms with Crippen LogP contribution in [0.4, 0.5) is 5.82 Å². The van der Waals surface area contributed by atoms with Crippen molar-refractivity contribution in [2.75, 3.05) is 18.5 Å². The van der Waals surface area contributed by atoms with Crippen LogP contribution in [0.2, 0.25) is 0 Å². The number of nitrogens with zero attached hydrogens (tertiary/aromatic N) is 2. The molecule has 7 heteroatoms. The van der Waals surface area contributed by atoms with E-state index in [1.165, 1.54) is 4.68 Å². The van der Waals surface area contributed by atoms with Gasteiger partial charge in [-0.15, -0.1) is 0 Å². The Morgan fingerprint density at radius 3 is 2.85 bits per heavy atom. The van der Waals surface area contributed by atoms with Crippen LogP contribution in [0.15, 0.2) is 12.3 Å². The summed E-state index contributed by atoms with van der Waals surface area (Å²) >= 11 is 0. The molecule has 0 aliphatic rings. The standard InChI is InChI=1S/C6H12N4O2S/c1-13(11,12)9-4-5-10-6(7)2-3-8-10/h2-3,9H,4-5,7H2,1H3. The van der Waals surface area contributed by atoms with E-state index in [4.69, 9.17) is 5.73 Å². The predicted molar refractivity (Wildman–Crippen MR) is 49.5 cm³/mol. The van der Waals surface area contributed by atoms with Gasteiger partial charge in [0.2, 0.25) is 10.0 Å². The van der Waals surface area contributed by atoms with E-state index in [1.54, 1.807) is 12.3 Å². The second-order valence-electron chi connectivity index (χ2n) is 2.65. The van der Waals surface area contributed by atoms with Gasteiger partial charge in [-0.2, -0.15) is 5.10 Å². The fourth-order valence-electron chi connectivity index (χ4n) is 0.867. The van der Waals surface area contributed by atoms with Crippen LogP contribution in [0.5, 0.6) is 0 Å². The van der Waals surface area contributed by atoms with Crippen molar-refractivity contribution in [3.8, 4) is 0 Å². The van der Waals surface area contributed by atoms with Gasteiger partial charge < -0.3 is 5.73 Å². The van der Waals surface area contributed by atoms with Crippen molar-refractivity contribution in [1.82, 2.24) is 14.5 Å². The second kappa shape index (κ2) is 3.75. The van der Waals surface area contributed by atoms with Crippen LogP contribution in [-0.4, -0.2) is 31.0 Å². The maximum absolute atomic E-state index is 10.7. The fraction of sp³-hybridized carbons (Fsp3) is 0.500. The molecule has 1 heterocycles. The van der Waals surface area contributed by atoms with Gasteiger partial charge in [0, 0.05) is 6.54 Å². The molecule has 6 nitrogen and oxygen atoms in total. The fourth-order valence-corrected chi connectivity index (χ4v) is 1.33. The van der Waals surface area contributed by atoms with Crippen molar-refractivity contribution in [3.05, 3.63) is 12.3 Å². The van der Waals surface area contributed by atoms with Gasteiger partial charge in [0.15, 0.2) is 0 Å². The Hall–Kier alpha value is -1.08. The van der Waals surface area contributed by atoms with Gasteiger partial charge in [-0.1, -0.05) is 0 Å². The van der Waals surface area contributed by atoms with Gasteiger partial charge in [-0.05, 0) is 6.07 Å². The minimum Gasteiger partial charge on any atom is -0.384 e. The van der Waals surface area contributed by atoms with Crippen molar-refractivity contribution in [1.29, 1.82) is 0 Å². The minimum absolute atomic E-state index is 0.296. The average molecular weight is 204 g/mol. The predicted octanol–water partition coefficient (Wildman–Crippen LogP) is -0.985. The first kappa shape index (κ1) is 10.0. The lowest BCUT2D eigenvalue weighted by molar-refractivity contribution is 0.568. The number of hydrogen-bond acceptors (Lipinski definition) is 4. The summed E-state index contributed by atoms with van der Waals surface area (Å²) in [6.45, 7) is 0.733. The van der Waals surface area contributed by atoms with Gasteiger partial charge in [0.1, 0.15) is 5.82 Å². The van der Waals surface area contributed by atoms with Crippen molar-refractivity contribution < 1.29 is 8.42 Å². The quantitative estimate of drug-likeness (QED) is 0.659. The van der Waals surface area contributed by atoms with Gasteiger partial charge >= 0.3 is 0 Å². The highest BCUT2D eigenvalue weighted by molar-refractivity contribution is 7.88. The molecule has 0 saturated carbocycles. The average Bonchev–Trinajstić information content (AvgIpc) is 2.34. The molecule has 0 aliphatic heterocycles. The Morgan fingerprint density at radius 1 is 1.69 bits per heavy atom. The van der Waals surface area contributed by atoms with Crippen molar-refractivity contribution in [2.24, 2.45) is 0 Å². The molecule has 0 amide bonds. The second-order valence-corrected chi connectivity index (χ2v) is 4.48. The normalized spacial score (nSPS) is 11.8. The van der Waals surface area contributed by atoms with Crippen LogP contribution in [0.25, 0.3) is 0 Å². The molecule has 0 radical (unpaired) electrons. The van der Waals surface area contributed by atoms with E-state index in [9.17, 15) is 8.42 Å². The highest BCUT2D eigenvalue weighted by atomic mass is 32.2. The first-order chi connectivity index (χ1) is 5.99. The first-order valence-electron chi connectivity index (χ1n) is 3.71. The third-order valence-electron chi connectivity index (χ3n) is 1.44. The SMILES string of the molecule is CS(=O)(=O)NCCn1nccc1N. The molecule has 0 fully saturated rings. The summed E-state index contributed by atoms with van der Waals surface area (Å²) in [5.74, 6) is 0.523. The molecule has 0 saturated heterocycles. The Balaban J connectivity index is 2.41. The maximum atomic E-state index is 10.7. The minimum atomic E-state index is -3.12. The van der Waals surface area contributed by atoms with E-state index in [1.807, 2.05) is 0 Å². The summed E-state index contributed by atoms with van der Waals surface area (Å²) in [7, 11) is -3.12. The lowest BCUT2D eigenvalue weighted by atomic mass is 10.6. The van der Waals surface area contributed by atoms with Gasteiger partial charge in [0.25, 0.3) is 0 Å². The zero-order valence-electron chi connectivity index (χ0n) is 7.27. The van der Waals surface area contributed by atoms with E-state index in [2.05, 4.69) is 9.82 Å². The third kappa shape index (κ3) is 3.43. The van der Waals surface area contributed by atoms with E-state index in [-0.39, 0.29) is 0 Å². The first-order valence-corrected chi connectivity index (χ1v) is 5.60. The summed E-state index contributed by atoms with van der Waals surface area (Å²) in [6, 6.07) is 1.65. The third-order valence-corrected chi connectivity index (χ3v) is 2.17. The van der Waals surface area contributed by atoms with Gasteiger partial charge in [-0.25, -0.2) is 17.8 Å². The van der Waals surface area contributed by atoms with E-state index >= 15 is 0 Å². The van der Waals surface area contributed by atoms with Crippen molar-refractivity contribution in [2.45, 2.75) is 6.54 Å². The smallest absolute Gasteiger partial charge is 0.208 e. The van der Waals surface area contributed by atoms with Crippen LogP contribution in [0, 0.1) is 0 Å². The van der Waals surface area contributed by atoms with Crippen LogP contribution < -0.4 is 10.5 Å². The van der Waals surface area contributed by atoms with Crippen LogP contribution in [0.3, 0.4) is 0 Å². The Morgan fingerprint density at radius 2 is 2.38 bits per heavy atom. The number of nitrogens with two attached hydrogens (primary N) is 1. The molecular weight excluding hydrogens is 192 g/mol. The zero-order chi connectivity index (χ0) is 9.90. The molecule has 0 aromatic carbocycles. The Kier molecular flexibility index (Phi) is 2.89. The molecule has 0 bridgehead atoms. The monoisotopic (exact) mass is 204 g/mol. The molecule has 1 aromatic heterocycles. The molecule has 0 aliphatic carbocycles. The lowest BCUT2D eigenvalue weighted by Gasteiger charge is -2.03. The maximum Gasteiger partial charge on any atom is 0.208 e. The van der Waals surface area contributed by atoms with Crippen LogP contribution in [-0.2, 0) is 16.6 Å². The largest absolute Gasteiger partial charge is 0.384 e. The molecule has 74 valence electrons. The molecule has 0 unspecified atom stereocenters. The summed E-state index contributed by atoms with van der Waals surface area (Å²) in [5.41, 5.74) is 5.51. The summed E-state index contributed by atoms with van der Waals surface area (Å²) < 4.78 is 25.2. The van der Waals surface area contributed by atoms with Crippen LogP contribution >= 0.6 is 0 Å². The molecule has 3 N–H and O–H groups in total. The van der Waals surface area contributed by atoms with E-state index in [0.717, 1.165) is 6.26 Å². The molecule has 1 rings (SSSR count). The number of sulfonamides is 1. The van der Waals surface area contributed by atoms with Crippen molar-refractivity contribution in [3.63, 3.8) is 0 Å². The van der Waals surface area contributed by atoms with E-state index in [0.29, 0.717) is 18.9 Å². The molecule has 1 aromatic rings. The Bertz CT molecular complexity index is 370. The molecular formula is C6H12N4O2S. The number of anilines is 1. The summed E-state index contributed by atoms with van der Waals surface area (Å²) in [5, 5.41) is 3.89. The number of rotatable bonds is 4. The number of nitrogen functional groups attached to an aromatic ring is 1. The highest BCUT2D eigenvalue weighted by Crippen LogP contribution is 1.97.